The maximum atomic E-state index is 12.2. The van der Waals surface area contributed by atoms with Crippen molar-refractivity contribution in [3.05, 3.63) is 59.7 Å². The van der Waals surface area contributed by atoms with Gasteiger partial charge in [0, 0.05) is 12.2 Å². The van der Waals surface area contributed by atoms with Gasteiger partial charge in [-0.3, -0.25) is 9.10 Å². The second-order valence-corrected chi connectivity index (χ2v) is 7.84. The minimum absolute atomic E-state index is 0.155. The Morgan fingerprint density at radius 1 is 1.20 bits per heavy atom. The summed E-state index contributed by atoms with van der Waals surface area (Å²) in [6.07, 6.45) is 0.787. The van der Waals surface area contributed by atoms with E-state index in [2.05, 4.69) is 5.32 Å². The summed E-state index contributed by atoms with van der Waals surface area (Å²) in [7, 11) is -3.25. The Balaban J connectivity index is 1.69. The zero-order valence-electron chi connectivity index (χ0n) is 13.5. The van der Waals surface area contributed by atoms with Gasteiger partial charge in [0.1, 0.15) is 0 Å². The number of nitrogens with zero attached hydrogens (tertiary/aromatic N) is 2. The number of nitrogens with one attached hydrogen (secondary N) is 1. The number of hydrogen-bond acceptors (Lipinski definition) is 4. The molecule has 7 heteroatoms. The van der Waals surface area contributed by atoms with Gasteiger partial charge >= 0.3 is 0 Å². The number of hydrogen-bond donors (Lipinski definition) is 1. The first kappa shape index (κ1) is 17.0. The predicted octanol–water partition coefficient (Wildman–Crippen LogP) is 2.28. The van der Waals surface area contributed by atoms with E-state index < -0.39 is 10.0 Å². The summed E-state index contributed by atoms with van der Waals surface area (Å²) in [5.41, 5.74) is 2.46. The van der Waals surface area contributed by atoms with Gasteiger partial charge in [-0.2, -0.15) is 5.26 Å². The lowest BCUT2D eigenvalue weighted by Gasteiger charge is -2.17. The minimum atomic E-state index is -3.25. The molecule has 1 heterocycles. The van der Waals surface area contributed by atoms with Crippen LogP contribution in [0.2, 0.25) is 0 Å². The molecule has 0 saturated carbocycles. The maximum absolute atomic E-state index is 12.2. The first-order chi connectivity index (χ1) is 12.0. The fourth-order valence-electron chi connectivity index (χ4n) is 2.76. The number of nitriles is 1. The van der Waals surface area contributed by atoms with Crippen molar-refractivity contribution in [2.24, 2.45) is 0 Å². The van der Waals surface area contributed by atoms with Gasteiger partial charge in [-0.15, -0.1) is 0 Å². The van der Waals surface area contributed by atoms with Crippen LogP contribution in [0.3, 0.4) is 0 Å². The Hall–Kier alpha value is -2.85. The summed E-state index contributed by atoms with van der Waals surface area (Å²) >= 11 is 0. The minimum Gasteiger partial charge on any atom is -0.326 e. The highest BCUT2D eigenvalue weighted by Gasteiger charge is 2.28. The van der Waals surface area contributed by atoms with Crippen LogP contribution >= 0.6 is 0 Å². The van der Waals surface area contributed by atoms with Crippen LogP contribution in [-0.2, 0) is 21.2 Å². The molecule has 0 bridgehead atoms. The van der Waals surface area contributed by atoms with Crippen LogP contribution in [0.25, 0.3) is 0 Å². The van der Waals surface area contributed by atoms with Gasteiger partial charge in [0.2, 0.25) is 15.9 Å². The Morgan fingerprint density at radius 2 is 1.96 bits per heavy atom. The molecule has 1 fully saturated rings. The van der Waals surface area contributed by atoms with Gasteiger partial charge in [0.25, 0.3) is 0 Å². The monoisotopic (exact) mass is 355 g/mol. The molecule has 0 radical (unpaired) electrons. The number of carbonyl (C=O) groups excluding carboxylic acids is 1. The van der Waals surface area contributed by atoms with Crippen molar-refractivity contribution < 1.29 is 13.2 Å². The number of carbonyl (C=O) groups is 1. The summed E-state index contributed by atoms with van der Waals surface area (Å²) in [5, 5.41) is 11.6. The lowest BCUT2D eigenvalue weighted by molar-refractivity contribution is -0.115. The molecule has 1 aliphatic heterocycles. The van der Waals surface area contributed by atoms with Gasteiger partial charge < -0.3 is 5.32 Å². The topological polar surface area (TPSA) is 90.3 Å². The molecule has 0 unspecified atom stereocenters. The lowest BCUT2D eigenvalue weighted by Crippen LogP contribution is -2.25. The van der Waals surface area contributed by atoms with Gasteiger partial charge in [-0.25, -0.2) is 8.42 Å². The van der Waals surface area contributed by atoms with E-state index in [0.29, 0.717) is 29.9 Å². The Labute approximate surface area is 146 Å². The van der Waals surface area contributed by atoms with Crippen LogP contribution in [0, 0.1) is 11.3 Å². The van der Waals surface area contributed by atoms with E-state index in [0.717, 1.165) is 5.56 Å². The largest absolute Gasteiger partial charge is 0.326 e. The molecule has 2 aromatic carbocycles. The van der Waals surface area contributed by atoms with Gasteiger partial charge in [-0.05, 0) is 42.3 Å². The van der Waals surface area contributed by atoms with Crippen molar-refractivity contribution in [3.8, 4) is 6.07 Å². The Bertz CT molecular complexity index is 931. The van der Waals surface area contributed by atoms with Gasteiger partial charge in [-0.1, -0.05) is 18.2 Å². The molecule has 25 heavy (non-hydrogen) atoms. The van der Waals surface area contributed by atoms with E-state index in [1.165, 1.54) is 4.31 Å². The quantitative estimate of drug-likeness (QED) is 0.911. The molecule has 2 aromatic rings. The highest BCUT2D eigenvalue weighted by atomic mass is 32.2. The van der Waals surface area contributed by atoms with Crippen LogP contribution in [0.1, 0.15) is 17.5 Å². The van der Waals surface area contributed by atoms with Crippen molar-refractivity contribution in [1.29, 1.82) is 5.26 Å². The molecule has 128 valence electrons. The molecule has 1 N–H and O–H groups in total. The summed E-state index contributed by atoms with van der Waals surface area (Å²) in [5.74, 6) is -0.0476. The highest BCUT2D eigenvalue weighted by Crippen LogP contribution is 2.26. The smallest absolute Gasteiger partial charge is 0.235 e. The van der Waals surface area contributed by atoms with Crippen molar-refractivity contribution >= 4 is 27.3 Å². The number of sulfonamides is 1. The standard InChI is InChI=1S/C18H17N3O3S/c19-13-15-7-5-14(6-8-15)11-18(22)20-16-3-1-4-17(12-16)21-9-2-10-25(21,23)24/h1,3-8,12H,2,9-11H2,(H,20,22). The number of benzene rings is 2. The van der Waals surface area contributed by atoms with Crippen LogP contribution in [0.15, 0.2) is 48.5 Å². The van der Waals surface area contributed by atoms with Gasteiger partial charge in [0.05, 0.1) is 29.5 Å². The Morgan fingerprint density at radius 3 is 2.60 bits per heavy atom. The number of anilines is 2. The molecule has 0 atom stereocenters. The third-order valence-electron chi connectivity index (χ3n) is 3.96. The second-order valence-electron chi connectivity index (χ2n) is 5.83. The summed E-state index contributed by atoms with van der Waals surface area (Å²) < 4.78 is 25.4. The molecule has 1 saturated heterocycles. The molecule has 0 spiro atoms. The first-order valence-electron chi connectivity index (χ1n) is 7.87. The summed E-state index contributed by atoms with van der Waals surface area (Å²) in [6.45, 7) is 0.463. The Kier molecular flexibility index (Phi) is 4.72. The van der Waals surface area contributed by atoms with E-state index in [1.54, 1.807) is 48.5 Å². The van der Waals surface area contributed by atoms with Crippen LogP contribution in [-0.4, -0.2) is 26.6 Å². The van der Waals surface area contributed by atoms with Crippen LogP contribution in [0.4, 0.5) is 11.4 Å². The highest BCUT2D eigenvalue weighted by molar-refractivity contribution is 7.93. The molecule has 0 aliphatic carbocycles. The third kappa shape index (κ3) is 3.98. The zero-order valence-corrected chi connectivity index (χ0v) is 14.3. The SMILES string of the molecule is N#Cc1ccc(CC(=O)Nc2cccc(N3CCCS3(=O)=O)c2)cc1. The molecular formula is C18H17N3O3S. The lowest BCUT2D eigenvalue weighted by atomic mass is 10.1. The first-order valence-corrected chi connectivity index (χ1v) is 9.48. The van der Waals surface area contributed by atoms with E-state index in [4.69, 9.17) is 5.26 Å². The zero-order chi connectivity index (χ0) is 17.9. The third-order valence-corrected chi connectivity index (χ3v) is 5.83. The predicted molar refractivity (Wildman–Crippen MR) is 95.7 cm³/mol. The van der Waals surface area contributed by atoms with E-state index >= 15 is 0 Å². The fourth-order valence-corrected chi connectivity index (χ4v) is 4.31. The number of amides is 1. The molecule has 0 aromatic heterocycles. The average Bonchev–Trinajstić information content (AvgIpc) is 2.95. The van der Waals surface area contributed by atoms with E-state index in [1.807, 2.05) is 6.07 Å². The van der Waals surface area contributed by atoms with E-state index in [9.17, 15) is 13.2 Å². The average molecular weight is 355 g/mol. The van der Waals surface area contributed by atoms with Crippen molar-refractivity contribution in [2.75, 3.05) is 21.9 Å². The van der Waals surface area contributed by atoms with Crippen molar-refractivity contribution in [2.45, 2.75) is 12.8 Å². The molecule has 1 aliphatic rings. The van der Waals surface area contributed by atoms with Gasteiger partial charge in [0.15, 0.2) is 0 Å². The van der Waals surface area contributed by atoms with Crippen molar-refractivity contribution in [1.82, 2.24) is 0 Å². The molecule has 3 rings (SSSR count). The fraction of sp³-hybridized carbons (Fsp3) is 0.222. The van der Waals surface area contributed by atoms with E-state index in [-0.39, 0.29) is 18.1 Å². The molecular weight excluding hydrogens is 338 g/mol. The normalized spacial score (nSPS) is 15.6. The van der Waals surface area contributed by atoms with Crippen LogP contribution < -0.4 is 9.62 Å². The maximum Gasteiger partial charge on any atom is 0.235 e. The van der Waals surface area contributed by atoms with Crippen molar-refractivity contribution in [3.63, 3.8) is 0 Å². The molecule has 1 amide bonds. The summed E-state index contributed by atoms with van der Waals surface area (Å²) in [6, 6.07) is 15.7. The number of rotatable bonds is 4. The second kappa shape index (κ2) is 6.95. The summed E-state index contributed by atoms with van der Waals surface area (Å²) in [4.78, 5) is 12.2. The van der Waals surface area contributed by atoms with Crippen LogP contribution in [0.5, 0.6) is 0 Å². The molecule has 6 nitrogen and oxygen atoms in total.